The first-order valence-corrected chi connectivity index (χ1v) is 8.48. The largest absolute Gasteiger partial charge is 0.398 e. The standard InChI is InChI=1S/C12H20N2O2S2/c1-3-8-14(2)18(15,16)10-9-17-12-7-5-4-6-11(12)13/h4-7H,3,8-10,13H2,1-2H3. The molecule has 1 aromatic rings. The van der Waals surface area contributed by atoms with Crippen LogP contribution in [0.4, 0.5) is 5.69 Å². The molecule has 0 fully saturated rings. The van der Waals surface area contributed by atoms with E-state index in [9.17, 15) is 8.42 Å². The van der Waals surface area contributed by atoms with Crippen LogP contribution in [0.2, 0.25) is 0 Å². The fourth-order valence-corrected chi connectivity index (χ4v) is 4.06. The Morgan fingerprint density at radius 1 is 1.33 bits per heavy atom. The molecule has 0 saturated carbocycles. The second-order valence-corrected chi connectivity index (χ2v) is 7.36. The Morgan fingerprint density at radius 3 is 2.61 bits per heavy atom. The normalized spacial score (nSPS) is 11.9. The number of nitrogens with two attached hydrogens (primary N) is 1. The average molecular weight is 288 g/mol. The Hall–Kier alpha value is -0.720. The number of nitrogen functional groups attached to an aromatic ring is 1. The fraction of sp³-hybridized carbons (Fsp3) is 0.500. The zero-order valence-electron chi connectivity index (χ0n) is 10.8. The van der Waals surface area contributed by atoms with Crippen molar-refractivity contribution in [2.24, 2.45) is 0 Å². The minimum atomic E-state index is -3.13. The number of benzene rings is 1. The zero-order valence-corrected chi connectivity index (χ0v) is 12.4. The summed E-state index contributed by atoms with van der Waals surface area (Å²) in [7, 11) is -1.51. The SMILES string of the molecule is CCCN(C)S(=O)(=O)CCSc1ccccc1N. The molecular weight excluding hydrogens is 268 g/mol. The van der Waals surface area contributed by atoms with Gasteiger partial charge in [-0.3, -0.25) is 0 Å². The second-order valence-electron chi connectivity index (χ2n) is 4.02. The highest BCUT2D eigenvalue weighted by atomic mass is 32.2. The molecule has 0 aliphatic rings. The smallest absolute Gasteiger partial charge is 0.214 e. The Kier molecular flexibility index (Phi) is 5.98. The summed E-state index contributed by atoms with van der Waals surface area (Å²) >= 11 is 1.48. The van der Waals surface area contributed by atoms with Gasteiger partial charge in [0.25, 0.3) is 0 Å². The van der Waals surface area contributed by atoms with E-state index < -0.39 is 10.0 Å². The predicted octanol–water partition coefficient (Wildman–Crippen LogP) is 2.03. The lowest BCUT2D eigenvalue weighted by Crippen LogP contribution is -2.30. The lowest BCUT2D eigenvalue weighted by atomic mass is 10.3. The third kappa shape index (κ3) is 4.51. The summed E-state index contributed by atoms with van der Waals surface area (Å²) in [6, 6.07) is 7.49. The van der Waals surface area contributed by atoms with Crippen LogP contribution < -0.4 is 5.73 Å². The van der Waals surface area contributed by atoms with Crippen LogP contribution in [-0.4, -0.2) is 37.8 Å². The van der Waals surface area contributed by atoms with Crippen molar-refractivity contribution in [3.63, 3.8) is 0 Å². The first kappa shape index (κ1) is 15.3. The molecule has 0 aliphatic heterocycles. The fourth-order valence-electron chi connectivity index (χ4n) is 1.48. The molecule has 18 heavy (non-hydrogen) atoms. The molecule has 1 aromatic carbocycles. The molecule has 2 N–H and O–H groups in total. The second kappa shape index (κ2) is 7.01. The third-order valence-electron chi connectivity index (χ3n) is 2.53. The molecule has 6 heteroatoms. The summed E-state index contributed by atoms with van der Waals surface area (Å²) in [6.45, 7) is 2.53. The lowest BCUT2D eigenvalue weighted by Gasteiger charge is -2.15. The molecule has 0 unspecified atom stereocenters. The molecule has 0 saturated heterocycles. The minimum absolute atomic E-state index is 0.141. The van der Waals surface area contributed by atoms with Crippen LogP contribution in [0, 0.1) is 0 Å². The highest BCUT2D eigenvalue weighted by Crippen LogP contribution is 2.24. The van der Waals surface area contributed by atoms with Crippen molar-refractivity contribution in [3.8, 4) is 0 Å². The molecule has 0 radical (unpaired) electrons. The first-order chi connectivity index (χ1) is 8.47. The summed E-state index contributed by atoms with van der Waals surface area (Å²) < 4.78 is 25.2. The van der Waals surface area contributed by atoms with Gasteiger partial charge in [-0.15, -0.1) is 11.8 Å². The summed E-state index contributed by atoms with van der Waals surface area (Å²) in [5, 5.41) is 0. The van der Waals surface area contributed by atoms with E-state index in [1.807, 2.05) is 31.2 Å². The lowest BCUT2D eigenvalue weighted by molar-refractivity contribution is 0.470. The molecule has 102 valence electrons. The molecule has 0 atom stereocenters. The van der Waals surface area contributed by atoms with Crippen molar-refractivity contribution in [2.75, 3.05) is 30.8 Å². The van der Waals surface area contributed by atoms with Gasteiger partial charge in [0.15, 0.2) is 0 Å². The Labute approximate surface area is 114 Å². The number of rotatable bonds is 7. The van der Waals surface area contributed by atoms with E-state index >= 15 is 0 Å². The number of para-hydroxylation sites is 1. The van der Waals surface area contributed by atoms with Crippen LogP contribution in [0.15, 0.2) is 29.2 Å². The van der Waals surface area contributed by atoms with Crippen LogP contribution in [-0.2, 0) is 10.0 Å². The third-order valence-corrected chi connectivity index (χ3v) is 5.73. The molecule has 0 amide bonds. The van der Waals surface area contributed by atoms with E-state index in [0.717, 1.165) is 11.3 Å². The maximum Gasteiger partial charge on any atom is 0.214 e. The van der Waals surface area contributed by atoms with Gasteiger partial charge in [-0.25, -0.2) is 12.7 Å². The van der Waals surface area contributed by atoms with Gasteiger partial charge in [-0.05, 0) is 18.6 Å². The Bertz CT molecular complexity index is 475. The number of anilines is 1. The molecule has 0 aliphatic carbocycles. The Morgan fingerprint density at radius 2 is 2.00 bits per heavy atom. The number of thioether (sulfide) groups is 1. The van der Waals surface area contributed by atoms with Crippen LogP contribution >= 0.6 is 11.8 Å². The van der Waals surface area contributed by atoms with Crippen molar-refractivity contribution in [3.05, 3.63) is 24.3 Å². The first-order valence-electron chi connectivity index (χ1n) is 5.88. The Balaban J connectivity index is 2.49. The number of sulfonamides is 1. The van der Waals surface area contributed by atoms with E-state index in [4.69, 9.17) is 5.73 Å². The van der Waals surface area contributed by atoms with Crippen molar-refractivity contribution >= 4 is 27.5 Å². The van der Waals surface area contributed by atoms with Gasteiger partial charge in [0.05, 0.1) is 5.75 Å². The highest BCUT2D eigenvalue weighted by Gasteiger charge is 2.16. The van der Waals surface area contributed by atoms with E-state index in [1.165, 1.54) is 16.1 Å². The van der Waals surface area contributed by atoms with Gasteiger partial charge in [-0.1, -0.05) is 19.1 Å². The van der Waals surface area contributed by atoms with Crippen molar-refractivity contribution in [1.29, 1.82) is 0 Å². The quantitative estimate of drug-likeness (QED) is 0.616. The van der Waals surface area contributed by atoms with Gasteiger partial charge >= 0.3 is 0 Å². The van der Waals surface area contributed by atoms with E-state index in [-0.39, 0.29) is 5.75 Å². The minimum Gasteiger partial charge on any atom is -0.398 e. The van der Waals surface area contributed by atoms with Gasteiger partial charge in [0.1, 0.15) is 0 Å². The molecule has 0 heterocycles. The van der Waals surface area contributed by atoms with Crippen molar-refractivity contribution in [1.82, 2.24) is 4.31 Å². The number of hydrogen-bond donors (Lipinski definition) is 1. The van der Waals surface area contributed by atoms with E-state index in [1.54, 1.807) is 7.05 Å². The molecule has 1 rings (SSSR count). The van der Waals surface area contributed by atoms with Gasteiger partial charge in [-0.2, -0.15) is 0 Å². The van der Waals surface area contributed by atoms with E-state index in [0.29, 0.717) is 18.0 Å². The monoisotopic (exact) mass is 288 g/mol. The molecule has 0 spiro atoms. The maximum absolute atomic E-state index is 11.9. The van der Waals surface area contributed by atoms with Crippen LogP contribution in [0.25, 0.3) is 0 Å². The zero-order chi connectivity index (χ0) is 13.6. The molecule has 4 nitrogen and oxygen atoms in total. The van der Waals surface area contributed by atoms with Gasteiger partial charge in [0, 0.05) is 29.9 Å². The molecule has 0 aromatic heterocycles. The van der Waals surface area contributed by atoms with Gasteiger partial charge in [0.2, 0.25) is 10.0 Å². The van der Waals surface area contributed by atoms with Crippen molar-refractivity contribution in [2.45, 2.75) is 18.2 Å². The van der Waals surface area contributed by atoms with Crippen LogP contribution in [0.5, 0.6) is 0 Å². The molecule has 0 bridgehead atoms. The summed E-state index contributed by atoms with van der Waals surface area (Å²) in [6.07, 6.45) is 0.828. The van der Waals surface area contributed by atoms with Crippen LogP contribution in [0.3, 0.4) is 0 Å². The average Bonchev–Trinajstić information content (AvgIpc) is 2.32. The van der Waals surface area contributed by atoms with Crippen LogP contribution in [0.1, 0.15) is 13.3 Å². The van der Waals surface area contributed by atoms with Gasteiger partial charge < -0.3 is 5.73 Å². The summed E-state index contributed by atoms with van der Waals surface area (Å²) in [5.74, 6) is 0.660. The predicted molar refractivity (Wildman–Crippen MR) is 78.3 cm³/mol. The summed E-state index contributed by atoms with van der Waals surface area (Å²) in [4.78, 5) is 0.936. The maximum atomic E-state index is 11.9. The van der Waals surface area contributed by atoms with E-state index in [2.05, 4.69) is 0 Å². The molecular formula is C12H20N2O2S2. The van der Waals surface area contributed by atoms with Crippen molar-refractivity contribution < 1.29 is 8.42 Å². The number of nitrogens with zero attached hydrogens (tertiary/aromatic N) is 1. The summed E-state index contributed by atoms with van der Waals surface area (Å²) in [5.41, 5.74) is 6.49. The number of hydrogen-bond acceptors (Lipinski definition) is 4. The highest BCUT2D eigenvalue weighted by molar-refractivity contribution is 8.00. The topological polar surface area (TPSA) is 63.4 Å².